The van der Waals surface area contributed by atoms with E-state index in [4.69, 9.17) is 65.4 Å². The van der Waals surface area contributed by atoms with Gasteiger partial charge in [-0.15, -0.1) is 0 Å². The van der Waals surface area contributed by atoms with Crippen molar-refractivity contribution in [1.29, 1.82) is 0 Å². The maximum absolute atomic E-state index is 13.6. The zero-order valence-electron chi connectivity index (χ0n) is 86.6. The maximum atomic E-state index is 13.6. The van der Waals surface area contributed by atoms with Crippen LogP contribution in [-0.2, 0) is 102 Å². The molecule has 25 heteroatoms. The second-order valence-corrected chi connectivity index (χ2v) is 36.5. The van der Waals surface area contributed by atoms with E-state index < -0.39 is 24.5 Å². The maximum Gasteiger partial charge on any atom is 0.319 e. The predicted molar refractivity (Wildman–Crippen MR) is 576 cm³/mol. The third-order valence-electron chi connectivity index (χ3n) is 26.4. The van der Waals surface area contributed by atoms with Crippen LogP contribution in [-0.4, -0.2) is 202 Å². The van der Waals surface area contributed by atoms with Gasteiger partial charge in [-0.05, 0) is 262 Å². The number of aliphatic carboxylic acids is 1. The minimum absolute atomic E-state index is 0.0447. The molecule has 146 heavy (non-hydrogen) atoms. The Hall–Kier alpha value is -13.0. The predicted octanol–water partition coefficient (Wildman–Crippen LogP) is 22.6. The quantitative estimate of drug-likeness (QED) is 0.0153. The standard InChI is InChI=1S/C25H31NO4.C24H29NO3.C17H18O3.C16H15ClO2.C16H16O3.C9H10O2.C8H9BrO.C4H8O.CH3F.CH4O/c1-26-20-10-11-21(26)15-23(14-20)30-24(28)25(17-27,19-6-4-3-5-7-19)16-18-8-12-22(29-2)13-9-18;1-25-19-10-11-20(25)16-22(15-19)28-24(26)23(18-6-4-3-5-7-18)14-17-8-12-21(27-2)13-9-17;1-19-15-10-8-13(9-11-15)12-16(17(18)20-2)14-6-4-3-5-7-14;2*1-19-14-9-7-12(8-10-14)11-15(16(17)18)13-5-3-2-4-6-13;1-11-9(10)7-8-5-3-2-4-6-8;1-10-8-4-2-7(6-9)3-5-8;1-2-4-5-3-1;2*1-2/h3-9,12-13,20-21,23,27H,10-11,14-17H2,1-2H3;3-9,12-13,19-20,22-23H,10-11,14-16H2,1-2H3;3-11,16H,12H2,1-2H3;2-10,15H,11H2,1H3;2-10,15H,11H2,1H3,(H,17,18);2-6H,7H2,1H3;2-5H,6H2,1H3;1-4H2;1H3;2H,1H3/i;;;;;;;;1D;. The van der Waals surface area contributed by atoms with Gasteiger partial charge in [-0.1, -0.05) is 271 Å². The third kappa shape index (κ3) is 38.4. The number of ether oxygens (including phenoxy) is 11. The van der Waals surface area contributed by atoms with E-state index in [0.29, 0.717) is 62.7 Å². The van der Waals surface area contributed by atoms with Crippen molar-refractivity contribution in [1.82, 2.24) is 9.80 Å². The molecule has 5 fully saturated rings. The Bertz CT molecular complexity index is 5550. The van der Waals surface area contributed by atoms with Crippen LogP contribution in [0.25, 0.3) is 0 Å². The molecule has 22 nitrogen and oxygen atoms in total. The lowest BCUT2D eigenvalue weighted by molar-refractivity contribution is -0.161. The van der Waals surface area contributed by atoms with Gasteiger partial charge in [0.25, 0.3) is 0 Å². The first kappa shape index (κ1) is 117. The lowest BCUT2D eigenvalue weighted by atomic mass is 9.76. The molecule has 0 aromatic heterocycles. The number of fused-ring (bicyclic) bond motifs is 4. The van der Waals surface area contributed by atoms with Crippen molar-refractivity contribution >= 4 is 62.6 Å². The van der Waals surface area contributed by atoms with Crippen LogP contribution in [0.5, 0.6) is 34.5 Å². The third-order valence-corrected chi connectivity index (χ3v) is 27.3. The number of methoxy groups -OCH3 is 8. The number of hydrogen-bond donors (Lipinski definition) is 3. The van der Waals surface area contributed by atoms with Gasteiger partial charge >= 0.3 is 29.8 Å². The largest absolute Gasteiger partial charge is 0.497 e. The van der Waals surface area contributed by atoms with E-state index >= 15 is 0 Å². The number of benzene rings is 12. The fourth-order valence-electron chi connectivity index (χ4n) is 18.1. The molecule has 5 saturated heterocycles. The summed E-state index contributed by atoms with van der Waals surface area (Å²) in [5.74, 6) is 1.83. The number of hydrogen-bond acceptors (Lipinski definition) is 21. The van der Waals surface area contributed by atoms with Crippen molar-refractivity contribution in [3.8, 4) is 34.5 Å². The fourth-order valence-corrected chi connectivity index (χ4v) is 18.6. The Balaban J connectivity index is 0.000000211. The summed E-state index contributed by atoms with van der Waals surface area (Å²) in [6.07, 6.45) is 14.0. The molecule has 0 saturated carbocycles. The zero-order valence-corrected chi connectivity index (χ0v) is 88.0. The number of carboxylic acid groups (broad SMARTS) is 1. The SMILES string of the molecule is C1CCOC1.CO.COC(=O)C(Cc1ccc(OC)cc1)c1ccccc1.COC(=O)Cc1ccccc1.COc1ccc(CBr)cc1.COc1ccc(CC(C(=O)Cl)c2ccccc2)cc1.COc1ccc(CC(C(=O)O)c2ccccc2)cc1.COc1ccc(CC(C(=O)OC2CC3CCC(C2)N3C)c2ccccc2)cc1.COc1ccc(CC(CO)(C(=O)OC2CC3CCC(C2)N3C)c2ccccc2)cc1.[2H]CF. The van der Waals surface area contributed by atoms with Crippen LogP contribution in [0.15, 0.2) is 328 Å². The highest BCUT2D eigenvalue weighted by Gasteiger charge is 2.46. The number of carbonyl (C=O) groups excluding carboxylic acids is 5. The Morgan fingerprint density at radius 1 is 0.397 bits per heavy atom. The van der Waals surface area contributed by atoms with E-state index in [9.17, 15) is 43.4 Å². The van der Waals surface area contributed by atoms with Gasteiger partial charge in [-0.3, -0.25) is 33.2 Å². The molecule has 9 unspecified atom stereocenters. The molecular formula is C121H143BrClFN2O20. The highest BCUT2D eigenvalue weighted by molar-refractivity contribution is 9.08. The molecule has 5 heterocycles. The van der Waals surface area contributed by atoms with Crippen LogP contribution in [0.3, 0.4) is 0 Å². The van der Waals surface area contributed by atoms with Gasteiger partial charge in [0, 0.05) is 49.8 Å². The summed E-state index contributed by atoms with van der Waals surface area (Å²) in [4.78, 5) is 77.4. The summed E-state index contributed by atoms with van der Waals surface area (Å²) in [7, 11) is 17.0. The first-order valence-corrected chi connectivity index (χ1v) is 50.5. The molecule has 778 valence electrons. The van der Waals surface area contributed by atoms with Crippen molar-refractivity contribution < 1.29 is 102 Å². The van der Waals surface area contributed by atoms with Gasteiger partial charge in [-0.25, -0.2) is 0 Å². The van der Waals surface area contributed by atoms with Crippen molar-refractivity contribution in [2.24, 2.45) is 0 Å². The molecule has 12 aromatic carbocycles. The van der Waals surface area contributed by atoms with Crippen molar-refractivity contribution in [3.05, 3.63) is 394 Å². The molecule has 0 spiro atoms. The number of carbonyl (C=O) groups is 6. The number of carboxylic acids is 1. The topological polar surface area (TPSA) is 271 Å². The lowest BCUT2D eigenvalue weighted by Crippen LogP contribution is -2.48. The summed E-state index contributed by atoms with van der Waals surface area (Å²) >= 11 is 9.09. The summed E-state index contributed by atoms with van der Waals surface area (Å²) in [6, 6.07) is 106. The van der Waals surface area contributed by atoms with Gasteiger partial charge in [0.05, 0.1) is 102 Å². The monoisotopic (exact) mass is 2080 g/mol. The average molecular weight is 2080 g/mol. The van der Waals surface area contributed by atoms with Gasteiger partial charge in [0.1, 0.15) is 52.1 Å². The highest BCUT2D eigenvalue weighted by Crippen LogP contribution is 2.41. The second-order valence-electron chi connectivity index (χ2n) is 35.5. The molecule has 4 bridgehead atoms. The Labute approximate surface area is 876 Å². The lowest BCUT2D eigenvalue weighted by Gasteiger charge is -2.38. The number of aliphatic hydroxyl groups is 2. The van der Waals surface area contributed by atoms with Crippen molar-refractivity contribution in [2.45, 2.75) is 174 Å². The molecular weight excluding hydrogens is 1940 g/mol. The number of alkyl halides is 2. The smallest absolute Gasteiger partial charge is 0.319 e. The summed E-state index contributed by atoms with van der Waals surface area (Å²) in [5.41, 5.74) is 10.8. The van der Waals surface area contributed by atoms with E-state index in [1.54, 1.807) is 42.7 Å². The minimum Gasteiger partial charge on any atom is -0.497 e. The average Bonchev–Trinajstić information content (AvgIpc) is 1.78. The number of nitrogens with zero attached hydrogens (tertiary/aromatic N) is 2. The second kappa shape index (κ2) is 65.4. The Morgan fingerprint density at radius 3 is 0.979 bits per heavy atom. The van der Waals surface area contributed by atoms with Gasteiger partial charge in [0.15, 0.2) is 0 Å². The first-order chi connectivity index (χ1) is 71.4. The van der Waals surface area contributed by atoms with Crippen LogP contribution < -0.4 is 28.4 Å². The molecule has 0 aliphatic carbocycles. The molecule has 0 amide bonds. The van der Waals surface area contributed by atoms with E-state index in [2.05, 4.69) is 44.6 Å². The fraction of sp³-hybridized carbons (Fsp3) is 0.355. The molecule has 5 aliphatic heterocycles. The van der Waals surface area contributed by atoms with Crippen LogP contribution in [0.1, 0.15) is 156 Å². The van der Waals surface area contributed by atoms with Gasteiger partial charge in [-0.2, -0.15) is 0 Å². The Kier molecular flexibility index (Phi) is 52.2. The molecule has 12 aromatic rings. The first-order valence-electron chi connectivity index (χ1n) is 49.7. The van der Waals surface area contributed by atoms with Crippen LogP contribution in [0, 0.1) is 0 Å². The molecule has 3 N–H and O–H groups in total. The van der Waals surface area contributed by atoms with Crippen LogP contribution in [0.4, 0.5) is 4.39 Å². The van der Waals surface area contributed by atoms with Crippen molar-refractivity contribution in [2.75, 3.05) is 105 Å². The van der Waals surface area contributed by atoms with Crippen LogP contribution >= 0.6 is 27.5 Å². The number of piperidine rings is 2. The molecule has 17 rings (SSSR count). The number of aliphatic hydroxyl groups excluding tert-OH is 2. The van der Waals surface area contributed by atoms with E-state index in [1.807, 2.05) is 328 Å². The molecule has 5 aliphatic rings. The molecule has 0 radical (unpaired) electrons. The number of esters is 4. The van der Waals surface area contributed by atoms with Gasteiger partial charge < -0.3 is 77.2 Å². The van der Waals surface area contributed by atoms with E-state index in [0.717, 1.165) is 147 Å². The number of halogens is 3. The van der Waals surface area contributed by atoms with Gasteiger partial charge in [0.2, 0.25) is 5.24 Å². The van der Waals surface area contributed by atoms with Crippen molar-refractivity contribution in [3.63, 3.8) is 0 Å². The van der Waals surface area contributed by atoms with Crippen LogP contribution in [0.2, 0.25) is 0 Å². The molecule has 9 atom stereocenters. The minimum atomic E-state index is -1.13. The normalized spacial score (nSPS) is 17.1. The number of rotatable bonds is 32. The highest BCUT2D eigenvalue weighted by atomic mass is 79.9. The summed E-state index contributed by atoms with van der Waals surface area (Å²) < 4.78 is 72.9. The summed E-state index contributed by atoms with van der Waals surface area (Å²) in [6.45, 7) is 1.70. The van der Waals surface area contributed by atoms with E-state index in [-0.39, 0.29) is 65.7 Å². The Morgan fingerprint density at radius 2 is 0.685 bits per heavy atom. The zero-order chi connectivity index (χ0) is 106. The summed E-state index contributed by atoms with van der Waals surface area (Å²) in [5, 5.41) is 27.4. The van der Waals surface area contributed by atoms with E-state index in [1.165, 1.54) is 58.3 Å².